The van der Waals surface area contributed by atoms with E-state index in [2.05, 4.69) is 25.8 Å². The van der Waals surface area contributed by atoms with Gasteiger partial charge in [-0.2, -0.15) is 0 Å². The van der Waals surface area contributed by atoms with Gasteiger partial charge >= 0.3 is 5.97 Å². The van der Waals surface area contributed by atoms with Crippen LogP contribution >= 0.6 is 11.3 Å². The lowest BCUT2D eigenvalue weighted by Gasteiger charge is -2.15. The molecule has 0 radical (unpaired) electrons. The Balaban J connectivity index is 1.64. The lowest BCUT2D eigenvalue weighted by Crippen LogP contribution is -2.28. The highest BCUT2D eigenvalue weighted by Crippen LogP contribution is 2.34. The van der Waals surface area contributed by atoms with E-state index in [4.69, 9.17) is 4.74 Å². The molecule has 32 heavy (non-hydrogen) atoms. The fraction of sp³-hybridized carbons (Fsp3) is 0.143. The maximum Gasteiger partial charge on any atom is 0.358 e. The number of halogens is 1. The number of carbonyl (C=O) groups excluding carboxylic acids is 2. The Labute approximate surface area is 185 Å². The largest absolute Gasteiger partial charge is 0.464 e. The third-order valence-electron chi connectivity index (χ3n) is 4.58. The summed E-state index contributed by atoms with van der Waals surface area (Å²) in [5.41, 5.74) is 1.35. The fourth-order valence-electron chi connectivity index (χ4n) is 3.08. The van der Waals surface area contributed by atoms with Gasteiger partial charge in [-0.05, 0) is 33.7 Å². The first kappa shape index (κ1) is 21.2. The van der Waals surface area contributed by atoms with Crippen molar-refractivity contribution in [1.29, 1.82) is 0 Å². The first-order valence-corrected chi connectivity index (χ1v) is 10.3. The fourth-order valence-corrected chi connectivity index (χ4v) is 4.03. The SMILES string of the molecule is COC(=O)c1nc(NC(=O)[C@@H](Cc2ccccc2)n2cnnn2)sc1-c1cccc(F)c1. The Hall–Kier alpha value is -3.99. The van der Waals surface area contributed by atoms with E-state index in [-0.39, 0.29) is 10.8 Å². The number of hydrogen-bond acceptors (Lipinski definition) is 8. The molecule has 1 atom stereocenters. The highest BCUT2D eigenvalue weighted by atomic mass is 32.1. The number of aromatic nitrogens is 5. The Morgan fingerprint density at radius 2 is 2.00 bits per heavy atom. The summed E-state index contributed by atoms with van der Waals surface area (Å²) in [6.07, 6.45) is 1.69. The molecule has 9 nitrogen and oxygen atoms in total. The van der Waals surface area contributed by atoms with Crippen molar-refractivity contribution in [3.05, 3.63) is 78.0 Å². The lowest BCUT2D eigenvalue weighted by atomic mass is 10.1. The molecule has 0 aliphatic carbocycles. The van der Waals surface area contributed by atoms with Gasteiger partial charge in [0.25, 0.3) is 5.91 Å². The molecule has 0 aliphatic rings. The summed E-state index contributed by atoms with van der Waals surface area (Å²) in [5, 5.41) is 14.0. The minimum atomic E-state index is -0.754. The van der Waals surface area contributed by atoms with Crippen LogP contribution in [0.25, 0.3) is 10.4 Å². The Kier molecular flexibility index (Phi) is 6.26. The minimum absolute atomic E-state index is 0.0135. The Morgan fingerprint density at radius 3 is 2.69 bits per heavy atom. The summed E-state index contributed by atoms with van der Waals surface area (Å²) >= 11 is 1.04. The molecule has 2 aromatic heterocycles. The number of benzene rings is 2. The molecule has 162 valence electrons. The monoisotopic (exact) mass is 452 g/mol. The van der Waals surface area contributed by atoms with E-state index in [0.29, 0.717) is 16.9 Å². The summed E-state index contributed by atoms with van der Waals surface area (Å²) in [4.78, 5) is 30.0. The number of ether oxygens (including phenoxy) is 1. The second-order valence-electron chi connectivity index (χ2n) is 6.68. The molecule has 0 unspecified atom stereocenters. The molecule has 4 rings (SSSR count). The number of nitrogens with zero attached hydrogens (tertiary/aromatic N) is 5. The molecule has 1 amide bonds. The van der Waals surface area contributed by atoms with Gasteiger partial charge in [-0.25, -0.2) is 18.9 Å². The Morgan fingerprint density at radius 1 is 1.19 bits per heavy atom. The predicted molar refractivity (Wildman–Crippen MR) is 114 cm³/mol. The van der Waals surface area contributed by atoms with Gasteiger partial charge in [0.15, 0.2) is 10.8 Å². The molecular formula is C21H17FN6O3S. The number of esters is 1. The molecule has 1 N–H and O–H groups in total. The molecule has 4 aromatic rings. The topological polar surface area (TPSA) is 112 Å². The second-order valence-corrected chi connectivity index (χ2v) is 7.68. The maximum atomic E-state index is 13.7. The van der Waals surface area contributed by atoms with Gasteiger partial charge in [-0.3, -0.25) is 4.79 Å². The van der Waals surface area contributed by atoms with Gasteiger partial charge in [0.2, 0.25) is 0 Å². The predicted octanol–water partition coefficient (Wildman–Crippen LogP) is 3.14. The molecule has 0 saturated heterocycles. The third-order valence-corrected chi connectivity index (χ3v) is 5.60. The van der Waals surface area contributed by atoms with E-state index in [1.807, 2.05) is 30.3 Å². The highest BCUT2D eigenvalue weighted by molar-refractivity contribution is 7.19. The van der Waals surface area contributed by atoms with E-state index in [0.717, 1.165) is 16.9 Å². The number of amides is 1. The molecular weight excluding hydrogens is 435 g/mol. The van der Waals surface area contributed by atoms with Crippen LogP contribution in [0.3, 0.4) is 0 Å². The molecule has 0 spiro atoms. The maximum absolute atomic E-state index is 13.7. The summed E-state index contributed by atoms with van der Waals surface area (Å²) in [5.74, 6) is -1.57. The average Bonchev–Trinajstić information content (AvgIpc) is 3.48. The van der Waals surface area contributed by atoms with E-state index < -0.39 is 23.7 Å². The number of anilines is 1. The molecule has 2 aromatic carbocycles. The zero-order valence-electron chi connectivity index (χ0n) is 16.8. The van der Waals surface area contributed by atoms with Gasteiger partial charge in [-0.15, -0.1) is 5.10 Å². The van der Waals surface area contributed by atoms with Gasteiger partial charge in [0, 0.05) is 6.42 Å². The first-order chi connectivity index (χ1) is 15.5. The number of rotatable bonds is 7. The standard InChI is InChI=1S/C21H17FN6O3S/c1-31-20(30)17-18(14-8-5-9-15(22)11-14)32-21(24-17)25-19(29)16(28-12-23-26-27-28)10-13-6-3-2-4-7-13/h2-9,11-12,16H,10H2,1H3,(H,24,25,29)/t16-/m1/s1. The van der Waals surface area contributed by atoms with Crippen LogP contribution in [0.4, 0.5) is 9.52 Å². The van der Waals surface area contributed by atoms with Crippen molar-refractivity contribution in [1.82, 2.24) is 25.2 Å². The van der Waals surface area contributed by atoms with Crippen molar-refractivity contribution in [2.45, 2.75) is 12.5 Å². The van der Waals surface area contributed by atoms with E-state index >= 15 is 0 Å². The third kappa shape index (κ3) is 4.67. The minimum Gasteiger partial charge on any atom is -0.464 e. The van der Waals surface area contributed by atoms with Crippen molar-refractivity contribution in [3.8, 4) is 10.4 Å². The zero-order valence-corrected chi connectivity index (χ0v) is 17.6. The molecule has 0 bridgehead atoms. The van der Waals surface area contributed by atoms with Crippen LogP contribution in [0, 0.1) is 5.82 Å². The van der Waals surface area contributed by atoms with Gasteiger partial charge in [0.1, 0.15) is 18.2 Å². The molecule has 2 heterocycles. The van der Waals surface area contributed by atoms with Crippen molar-refractivity contribution >= 4 is 28.3 Å². The van der Waals surface area contributed by atoms with E-state index in [1.165, 1.54) is 36.3 Å². The van der Waals surface area contributed by atoms with Crippen molar-refractivity contribution in [2.75, 3.05) is 12.4 Å². The van der Waals surface area contributed by atoms with Crippen molar-refractivity contribution in [2.24, 2.45) is 0 Å². The van der Waals surface area contributed by atoms with E-state index in [1.54, 1.807) is 6.07 Å². The smallest absolute Gasteiger partial charge is 0.358 e. The summed E-state index contributed by atoms with van der Waals surface area (Å²) in [7, 11) is 1.23. The van der Waals surface area contributed by atoms with E-state index in [9.17, 15) is 14.0 Å². The van der Waals surface area contributed by atoms with Crippen molar-refractivity contribution < 1.29 is 18.7 Å². The van der Waals surface area contributed by atoms with Crippen LogP contribution in [0.5, 0.6) is 0 Å². The zero-order chi connectivity index (χ0) is 22.5. The van der Waals surface area contributed by atoms with Crippen LogP contribution in [0.1, 0.15) is 22.1 Å². The molecule has 11 heteroatoms. The second kappa shape index (κ2) is 9.43. The van der Waals surface area contributed by atoms with Gasteiger partial charge in [-0.1, -0.05) is 53.8 Å². The number of tetrazole rings is 1. The van der Waals surface area contributed by atoms with Crippen molar-refractivity contribution in [3.63, 3.8) is 0 Å². The number of methoxy groups -OCH3 is 1. The number of thiazole rings is 1. The number of carbonyl (C=O) groups is 2. The average molecular weight is 452 g/mol. The normalized spacial score (nSPS) is 11.7. The van der Waals surface area contributed by atoms with Crippen LogP contribution in [-0.2, 0) is 16.0 Å². The summed E-state index contributed by atoms with van der Waals surface area (Å²) in [6, 6.07) is 14.4. The van der Waals surface area contributed by atoms with Crippen LogP contribution in [0.2, 0.25) is 0 Å². The molecule has 0 aliphatic heterocycles. The van der Waals surface area contributed by atoms with Gasteiger partial charge in [0.05, 0.1) is 12.0 Å². The van der Waals surface area contributed by atoms with Crippen LogP contribution in [-0.4, -0.2) is 44.2 Å². The molecule has 0 saturated carbocycles. The first-order valence-electron chi connectivity index (χ1n) is 9.47. The number of hydrogen-bond donors (Lipinski definition) is 1. The Bertz CT molecular complexity index is 1230. The molecule has 0 fully saturated rings. The lowest BCUT2D eigenvalue weighted by molar-refractivity contribution is -0.119. The van der Waals surface area contributed by atoms with Crippen LogP contribution in [0.15, 0.2) is 60.9 Å². The number of nitrogens with one attached hydrogen (secondary N) is 1. The summed E-state index contributed by atoms with van der Waals surface area (Å²) in [6.45, 7) is 0. The summed E-state index contributed by atoms with van der Waals surface area (Å²) < 4.78 is 19.9. The van der Waals surface area contributed by atoms with Gasteiger partial charge < -0.3 is 10.1 Å². The van der Waals surface area contributed by atoms with Crippen LogP contribution < -0.4 is 5.32 Å². The highest BCUT2D eigenvalue weighted by Gasteiger charge is 2.26. The quantitative estimate of drug-likeness (QED) is 0.429.